The molecule has 2 rings (SSSR count). The number of rotatable bonds is 3. The zero-order valence-electron chi connectivity index (χ0n) is 10.8. The number of amides is 1. The van der Waals surface area contributed by atoms with Gasteiger partial charge in [0.1, 0.15) is 23.1 Å². The van der Waals surface area contributed by atoms with Crippen LogP contribution in [0.2, 0.25) is 0 Å². The molecule has 0 aromatic heterocycles. The predicted octanol–water partition coefficient (Wildman–Crippen LogP) is 4.16. The first-order valence-electron chi connectivity index (χ1n) is 5.85. The van der Waals surface area contributed by atoms with Crippen LogP contribution in [0, 0.1) is 17.5 Å². The molecular weight excluding hydrogens is 349 g/mol. The number of benzene rings is 2. The zero-order chi connectivity index (χ0) is 15.6. The van der Waals surface area contributed by atoms with Crippen molar-refractivity contribution in [3.63, 3.8) is 0 Å². The number of nitrogens with one attached hydrogen (secondary N) is 2. The van der Waals surface area contributed by atoms with E-state index in [-0.39, 0.29) is 16.9 Å². The average Bonchev–Trinajstić information content (AvgIpc) is 2.41. The minimum Gasteiger partial charge on any atom is -0.383 e. The molecular formula is C14H10BrF3N2O. The third kappa shape index (κ3) is 3.36. The molecule has 3 nitrogen and oxygen atoms in total. The molecule has 110 valence electrons. The van der Waals surface area contributed by atoms with Crippen molar-refractivity contribution in [2.45, 2.75) is 0 Å². The summed E-state index contributed by atoms with van der Waals surface area (Å²) in [7, 11) is 1.36. The molecule has 0 aliphatic rings. The van der Waals surface area contributed by atoms with Gasteiger partial charge in [-0.05, 0) is 30.3 Å². The molecule has 0 heterocycles. The molecule has 0 saturated heterocycles. The highest BCUT2D eigenvalue weighted by Crippen LogP contribution is 2.23. The van der Waals surface area contributed by atoms with E-state index < -0.39 is 23.4 Å². The van der Waals surface area contributed by atoms with Crippen LogP contribution in [-0.4, -0.2) is 13.0 Å². The molecule has 21 heavy (non-hydrogen) atoms. The van der Waals surface area contributed by atoms with Crippen molar-refractivity contribution in [3.05, 3.63) is 57.8 Å². The Morgan fingerprint density at radius 3 is 2.19 bits per heavy atom. The minimum absolute atomic E-state index is 0.0818. The number of halogens is 4. The molecule has 2 N–H and O–H groups in total. The average molecular weight is 359 g/mol. The molecule has 0 fully saturated rings. The van der Waals surface area contributed by atoms with E-state index in [1.165, 1.54) is 25.2 Å². The summed E-state index contributed by atoms with van der Waals surface area (Å²) in [5.41, 5.74) is -0.658. The second kappa shape index (κ2) is 6.17. The van der Waals surface area contributed by atoms with Crippen LogP contribution < -0.4 is 10.6 Å². The SMILES string of the molecule is CNc1c(F)cc(C(=O)Nc2ccc(Br)cc2F)cc1F. The highest BCUT2D eigenvalue weighted by atomic mass is 79.9. The van der Waals surface area contributed by atoms with Crippen LogP contribution >= 0.6 is 15.9 Å². The monoisotopic (exact) mass is 358 g/mol. The molecule has 2 aromatic carbocycles. The lowest BCUT2D eigenvalue weighted by atomic mass is 10.1. The van der Waals surface area contributed by atoms with Crippen LogP contribution in [0.5, 0.6) is 0 Å². The van der Waals surface area contributed by atoms with E-state index in [0.29, 0.717) is 4.47 Å². The zero-order valence-corrected chi connectivity index (χ0v) is 12.4. The van der Waals surface area contributed by atoms with Crippen molar-refractivity contribution in [2.24, 2.45) is 0 Å². The standard InChI is InChI=1S/C14H10BrF3N2O/c1-19-13-10(17)4-7(5-11(13)18)14(21)20-12-3-2-8(15)6-9(12)16/h2-6,19H,1H3,(H,20,21). The van der Waals surface area contributed by atoms with Gasteiger partial charge in [-0.15, -0.1) is 0 Å². The van der Waals surface area contributed by atoms with Gasteiger partial charge in [0.25, 0.3) is 5.91 Å². The first-order chi connectivity index (χ1) is 9.92. The molecule has 0 saturated carbocycles. The van der Waals surface area contributed by atoms with E-state index in [1.807, 2.05) is 0 Å². The molecule has 0 bridgehead atoms. The second-order valence-electron chi connectivity index (χ2n) is 4.14. The Kier molecular flexibility index (Phi) is 4.52. The summed E-state index contributed by atoms with van der Waals surface area (Å²) in [5, 5.41) is 4.60. The van der Waals surface area contributed by atoms with Crippen molar-refractivity contribution >= 4 is 33.2 Å². The quantitative estimate of drug-likeness (QED) is 0.864. The maximum Gasteiger partial charge on any atom is 0.255 e. The minimum atomic E-state index is -0.904. The summed E-state index contributed by atoms with van der Waals surface area (Å²) in [4.78, 5) is 11.9. The molecule has 0 radical (unpaired) electrons. The Balaban J connectivity index is 2.28. The van der Waals surface area contributed by atoms with E-state index >= 15 is 0 Å². The number of carbonyl (C=O) groups excluding carboxylic acids is 1. The van der Waals surface area contributed by atoms with Gasteiger partial charge < -0.3 is 10.6 Å². The van der Waals surface area contributed by atoms with Gasteiger partial charge in [-0.1, -0.05) is 15.9 Å². The maximum atomic E-state index is 13.6. The molecule has 0 spiro atoms. The maximum absolute atomic E-state index is 13.6. The fraction of sp³-hybridized carbons (Fsp3) is 0.0714. The van der Waals surface area contributed by atoms with Crippen LogP contribution in [0.4, 0.5) is 24.5 Å². The van der Waals surface area contributed by atoms with Gasteiger partial charge in [-0.2, -0.15) is 0 Å². The van der Waals surface area contributed by atoms with Gasteiger partial charge in [0.2, 0.25) is 0 Å². The molecule has 0 aliphatic heterocycles. The Bertz CT molecular complexity index is 684. The first kappa shape index (κ1) is 15.4. The van der Waals surface area contributed by atoms with Crippen molar-refractivity contribution in [1.29, 1.82) is 0 Å². The lowest BCUT2D eigenvalue weighted by Crippen LogP contribution is -2.14. The summed E-state index contributed by atoms with van der Waals surface area (Å²) < 4.78 is 41.3. The number of carbonyl (C=O) groups is 1. The molecule has 0 atom stereocenters. The number of anilines is 2. The highest BCUT2D eigenvalue weighted by molar-refractivity contribution is 9.10. The summed E-state index contributed by atoms with van der Waals surface area (Å²) in [6, 6.07) is 5.79. The first-order valence-corrected chi connectivity index (χ1v) is 6.65. The Labute approximate surface area is 127 Å². The van der Waals surface area contributed by atoms with Crippen LogP contribution in [0.15, 0.2) is 34.8 Å². The molecule has 0 unspecified atom stereocenters. The van der Waals surface area contributed by atoms with Crippen LogP contribution in [0.3, 0.4) is 0 Å². The fourth-order valence-electron chi connectivity index (χ4n) is 1.73. The number of hydrogen-bond acceptors (Lipinski definition) is 2. The van der Waals surface area contributed by atoms with E-state index in [4.69, 9.17) is 0 Å². The molecule has 1 amide bonds. The number of hydrogen-bond donors (Lipinski definition) is 2. The van der Waals surface area contributed by atoms with Gasteiger partial charge in [0.05, 0.1) is 5.69 Å². The Hall–Kier alpha value is -2.02. The summed E-state index contributed by atoms with van der Waals surface area (Å²) in [6.45, 7) is 0. The summed E-state index contributed by atoms with van der Waals surface area (Å²) in [5.74, 6) is -3.28. The van der Waals surface area contributed by atoms with E-state index in [0.717, 1.165) is 12.1 Å². The third-order valence-corrected chi connectivity index (χ3v) is 3.23. The molecule has 0 aliphatic carbocycles. The van der Waals surface area contributed by atoms with Gasteiger partial charge in [-0.25, -0.2) is 13.2 Å². The van der Waals surface area contributed by atoms with Crippen LogP contribution in [0.25, 0.3) is 0 Å². The Morgan fingerprint density at radius 1 is 1.05 bits per heavy atom. The van der Waals surface area contributed by atoms with Gasteiger partial charge in [-0.3, -0.25) is 4.79 Å². The third-order valence-electron chi connectivity index (χ3n) is 2.73. The largest absolute Gasteiger partial charge is 0.383 e. The van der Waals surface area contributed by atoms with Crippen molar-refractivity contribution in [1.82, 2.24) is 0 Å². The van der Waals surface area contributed by atoms with Crippen LogP contribution in [0.1, 0.15) is 10.4 Å². The van der Waals surface area contributed by atoms with Gasteiger partial charge in [0, 0.05) is 17.1 Å². The van der Waals surface area contributed by atoms with Crippen molar-refractivity contribution in [2.75, 3.05) is 17.7 Å². The van der Waals surface area contributed by atoms with E-state index in [9.17, 15) is 18.0 Å². The molecule has 7 heteroatoms. The van der Waals surface area contributed by atoms with Gasteiger partial charge >= 0.3 is 0 Å². The summed E-state index contributed by atoms with van der Waals surface area (Å²) >= 11 is 3.08. The lowest BCUT2D eigenvalue weighted by Gasteiger charge is -2.09. The highest BCUT2D eigenvalue weighted by Gasteiger charge is 2.15. The van der Waals surface area contributed by atoms with Crippen molar-refractivity contribution < 1.29 is 18.0 Å². The second-order valence-corrected chi connectivity index (χ2v) is 5.06. The van der Waals surface area contributed by atoms with E-state index in [1.54, 1.807) is 0 Å². The Morgan fingerprint density at radius 2 is 1.67 bits per heavy atom. The van der Waals surface area contributed by atoms with Crippen LogP contribution in [-0.2, 0) is 0 Å². The fourth-order valence-corrected chi connectivity index (χ4v) is 2.06. The summed E-state index contributed by atoms with van der Waals surface area (Å²) in [6.07, 6.45) is 0. The van der Waals surface area contributed by atoms with Gasteiger partial charge in [0.15, 0.2) is 0 Å². The smallest absolute Gasteiger partial charge is 0.255 e. The van der Waals surface area contributed by atoms with E-state index in [2.05, 4.69) is 26.6 Å². The normalized spacial score (nSPS) is 10.3. The topological polar surface area (TPSA) is 41.1 Å². The predicted molar refractivity (Wildman–Crippen MR) is 78.0 cm³/mol. The van der Waals surface area contributed by atoms with Crippen molar-refractivity contribution in [3.8, 4) is 0 Å². The lowest BCUT2D eigenvalue weighted by molar-refractivity contribution is 0.102. The molecule has 2 aromatic rings.